The van der Waals surface area contributed by atoms with Crippen molar-refractivity contribution in [1.82, 2.24) is 5.32 Å². The highest BCUT2D eigenvalue weighted by atomic mass is 32.2. The summed E-state index contributed by atoms with van der Waals surface area (Å²) in [5.74, 6) is -0.265. The average Bonchev–Trinajstić information content (AvgIpc) is 2.71. The number of hydrogen-bond acceptors (Lipinski definition) is 3. The van der Waals surface area contributed by atoms with Crippen molar-refractivity contribution in [3.63, 3.8) is 0 Å². The highest BCUT2D eigenvalue weighted by Gasteiger charge is 2.22. The molecule has 156 valence electrons. The van der Waals surface area contributed by atoms with Crippen LogP contribution in [0.15, 0.2) is 65.6 Å². The van der Waals surface area contributed by atoms with Crippen LogP contribution in [0.4, 0.5) is 5.69 Å². The zero-order valence-corrected chi connectivity index (χ0v) is 18.4. The molecule has 0 saturated heterocycles. The van der Waals surface area contributed by atoms with Crippen molar-refractivity contribution in [3.8, 4) is 0 Å². The fourth-order valence-corrected chi connectivity index (χ4v) is 5.06. The maximum absolute atomic E-state index is 13.1. The molecule has 30 heavy (non-hydrogen) atoms. The number of hydrogen-bond donors (Lipinski definition) is 2. The van der Waals surface area contributed by atoms with Gasteiger partial charge in [0.25, 0.3) is 15.9 Å². The third-order valence-electron chi connectivity index (χ3n) is 5.24. The van der Waals surface area contributed by atoms with Gasteiger partial charge in [-0.05, 0) is 73.7 Å². The van der Waals surface area contributed by atoms with E-state index in [0.717, 1.165) is 27.8 Å². The maximum Gasteiger partial charge on any atom is 0.262 e. The summed E-state index contributed by atoms with van der Waals surface area (Å²) in [7, 11) is -3.80. The summed E-state index contributed by atoms with van der Waals surface area (Å²) >= 11 is 0. The van der Waals surface area contributed by atoms with E-state index in [9.17, 15) is 13.2 Å². The van der Waals surface area contributed by atoms with Gasteiger partial charge in [-0.1, -0.05) is 42.5 Å². The lowest BCUT2D eigenvalue weighted by Gasteiger charge is -2.17. The van der Waals surface area contributed by atoms with Gasteiger partial charge in [0.2, 0.25) is 0 Å². The molecule has 0 radical (unpaired) electrons. The number of aryl methyl sites for hydroxylation is 2. The number of benzene rings is 3. The number of carbonyl (C=O) groups excluding carboxylic acids is 1. The zero-order chi connectivity index (χ0) is 21.9. The molecule has 0 fully saturated rings. The fourth-order valence-electron chi connectivity index (χ4n) is 3.39. The molecule has 5 nitrogen and oxygen atoms in total. The number of rotatable bonds is 6. The first-order chi connectivity index (χ1) is 14.2. The monoisotopic (exact) mass is 422 g/mol. The first kappa shape index (κ1) is 21.6. The van der Waals surface area contributed by atoms with Crippen LogP contribution in [0, 0.1) is 27.7 Å². The second kappa shape index (κ2) is 8.71. The number of anilines is 1. The number of nitrogens with one attached hydrogen (secondary N) is 2. The third kappa shape index (κ3) is 4.71. The molecule has 0 atom stereocenters. The van der Waals surface area contributed by atoms with E-state index in [0.29, 0.717) is 22.7 Å². The molecule has 0 heterocycles. The fraction of sp³-hybridized carbons (Fsp3) is 0.208. The van der Waals surface area contributed by atoms with Crippen molar-refractivity contribution in [2.75, 3.05) is 4.72 Å². The highest BCUT2D eigenvalue weighted by molar-refractivity contribution is 7.92. The standard InChI is InChI=1S/C24H26N2O3S/c1-16-13-17(2)19(4)23(18(16)3)30(28,29)26-22-12-8-11-21(14-22)24(27)25-15-20-9-6-5-7-10-20/h5-14,26H,15H2,1-4H3,(H,25,27). The van der Waals surface area contributed by atoms with Crippen LogP contribution in [-0.2, 0) is 16.6 Å². The lowest BCUT2D eigenvalue weighted by Crippen LogP contribution is -2.23. The first-order valence-corrected chi connectivity index (χ1v) is 11.2. The van der Waals surface area contributed by atoms with Crippen molar-refractivity contribution < 1.29 is 13.2 Å². The maximum atomic E-state index is 13.1. The van der Waals surface area contributed by atoms with E-state index in [1.165, 1.54) is 0 Å². The Morgan fingerprint density at radius 1 is 0.833 bits per heavy atom. The third-order valence-corrected chi connectivity index (χ3v) is 6.89. The minimum atomic E-state index is -3.80. The molecular weight excluding hydrogens is 396 g/mol. The van der Waals surface area contributed by atoms with Crippen LogP contribution in [0.2, 0.25) is 0 Å². The number of carbonyl (C=O) groups is 1. The molecule has 0 aliphatic rings. The molecule has 0 aromatic heterocycles. The van der Waals surface area contributed by atoms with Gasteiger partial charge in [0.05, 0.1) is 4.90 Å². The molecule has 3 rings (SSSR count). The van der Waals surface area contributed by atoms with Crippen molar-refractivity contribution >= 4 is 21.6 Å². The lowest BCUT2D eigenvalue weighted by molar-refractivity contribution is 0.0951. The summed E-state index contributed by atoms with van der Waals surface area (Å²) in [5.41, 5.74) is 5.02. The van der Waals surface area contributed by atoms with Gasteiger partial charge in [0, 0.05) is 17.8 Å². The Morgan fingerprint density at radius 2 is 1.47 bits per heavy atom. The van der Waals surface area contributed by atoms with Gasteiger partial charge < -0.3 is 5.32 Å². The van der Waals surface area contributed by atoms with Crippen LogP contribution in [0.3, 0.4) is 0 Å². The van der Waals surface area contributed by atoms with E-state index in [4.69, 9.17) is 0 Å². The van der Waals surface area contributed by atoms with Crippen LogP contribution < -0.4 is 10.0 Å². The number of sulfonamides is 1. The van der Waals surface area contributed by atoms with Gasteiger partial charge in [0.1, 0.15) is 0 Å². The SMILES string of the molecule is Cc1cc(C)c(C)c(S(=O)(=O)Nc2cccc(C(=O)NCc3ccccc3)c2)c1C. The first-order valence-electron chi connectivity index (χ1n) is 9.71. The summed E-state index contributed by atoms with van der Waals surface area (Å²) in [5, 5.41) is 2.85. The average molecular weight is 423 g/mol. The van der Waals surface area contributed by atoms with Crippen molar-refractivity contribution in [3.05, 3.63) is 94.0 Å². The molecule has 3 aromatic rings. The molecule has 1 amide bonds. The Hall–Kier alpha value is -3.12. The molecule has 3 aromatic carbocycles. The molecule has 0 unspecified atom stereocenters. The van der Waals surface area contributed by atoms with E-state index < -0.39 is 10.0 Å². The molecule has 0 spiro atoms. The van der Waals surface area contributed by atoms with Gasteiger partial charge in [-0.2, -0.15) is 0 Å². The minimum absolute atomic E-state index is 0.265. The molecule has 0 aliphatic carbocycles. The minimum Gasteiger partial charge on any atom is -0.348 e. The molecule has 6 heteroatoms. The summed E-state index contributed by atoms with van der Waals surface area (Å²) < 4.78 is 28.9. The predicted molar refractivity (Wildman–Crippen MR) is 120 cm³/mol. The Balaban J connectivity index is 1.82. The molecule has 0 bridgehead atoms. The molecule has 0 saturated carbocycles. The van der Waals surface area contributed by atoms with Gasteiger partial charge in [-0.3, -0.25) is 9.52 Å². The summed E-state index contributed by atoms with van der Waals surface area (Å²) in [6, 6.07) is 18.1. The Bertz CT molecular complexity index is 1160. The quantitative estimate of drug-likeness (QED) is 0.607. The van der Waals surface area contributed by atoms with Crippen molar-refractivity contribution in [1.29, 1.82) is 0 Å². The predicted octanol–water partition coefficient (Wildman–Crippen LogP) is 4.65. The van der Waals surface area contributed by atoms with Crippen LogP contribution in [0.25, 0.3) is 0 Å². The van der Waals surface area contributed by atoms with Gasteiger partial charge >= 0.3 is 0 Å². The van der Waals surface area contributed by atoms with Crippen molar-refractivity contribution in [2.45, 2.75) is 39.1 Å². The number of amides is 1. The summed E-state index contributed by atoms with van der Waals surface area (Å²) in [4.78, 5) is 12.8. The Labute approximate surface area is 178 Å². The summed E-state index contributed by atoms with van der Waals surface area (Å²) in [6.07, 6.45) is 0. The van der Waals surface area contributed by atoms with Crippen LogP contribution >= 0.6 is 0 Å². The van der Waals surface area contributed by atoms with E-state index in [-0.39, 0.29) is 5.91 Å². The largest absolute Gasteiger partial charge is 0.348 e. The van der Waals surface area contributed by atoms with Gasteiger partial charge in [-0.15, -0.1) is 0 Å². The smallest absolute Gasteiger partial charge is 0.262 e. The van der Waals surface area contributed by atoms with Crippen LogP contribution in [-0.4, -0.2) is 14.3 Å². The van der Waals surface area contributed by atoms with Gasteiger partial charge in [-0.25, -0.2) is 8.42 Å². The van der Waals surface area contributed by atoms with E-state index in [1.54, 1.807) is 24.3 Å². The van der Waals surface area contributed by atoms with E-state index >= 15 is 0 Å². The van der Waals surface area contributed by atoms with E-state index in [1.807, 2.05) is 64.1 Å². The van der Waals surface area contributed by atoms with Crippen LogP contribution in [0.5, 0.6) is 0 Å². The topological polar surface area (TPSA) is 75.3 Å². The highest BCUT2D eigenvalue weighted by Crippen LogP contribution is 2.28. The van der Waals surface area contributed by atoms with Crippen molar-refractivity contribution in [2.24, 2.45) is 0 Å². The molecule has 0 aliphatic heterocycles. The molecule has 2 N–H and O–H groups in total. The second-order valence-corrected chi connectivity index (χ2v) is 9.06. The van der Waals surface area contributed by atoms with Crippen LogP contribution in [0.1, 0.15) is 38.2 Å². The normalized spacial score (nSPS) is 11.2. The van der Waals surface area contributed by atoms with Gasteiger partial charge in [0.15, 0.2) is 0 Å². The molecular formula is C24H26N2O3S. The lowest BCUT2D eigenvalue weighted by atomic mass is 10.0. The Kier molecular flexibility index (Phi) is 6.27. The van der Waals surface area contributed by atoms with E-state index in [2.05, 4.69) is 10.0 Å². The second-order valence-electron chi connectivity index (χ2n) is 7.44. The zero-order valence-electron chi connectivity index (χ0n) is 17.6. The summed E-state index contributed by atoms with van der Waals surface area (Å²) in [6.45, 7) is 7.82. The Morgan fingerprint density at radius 3 is 2.10 bits per heavy atom.